The van der Waals surface area contributed by atoms with Crippen molar-refractivity contribution in [3.05, 3.63) is 0 Å². The van der Waals surface area contributed by atoms with Gasteiger partial charge in [-0.3, -0.25) is 9.59 Å². The molecule has 0 radical (unpaired) electrons. The average molecular weight is 225 g/mol. The molecule has 0 aromatic carbocycles. The molecule has 0 aromatic heterocycles. The van der Waals surface area contributed by atoms with Crippen LogP contribution in [0.25, 0.3) is 0 Å². The van der Waals surface area contributed by atoms with E-state index in [4.69, 9.17) is 0 Å². The lowest BCUT2D eigenvalue weighted by Gasteiger charge is -2.28. The number of ketones is 1. The maximum Gasteiger partial charge on any atom is 0.326 e. The van der Waals surface area contributed by atoms with Crippen LogP contribution in [-0.4, -0.2) is 40.3 Å². The monoisotopic (exact) mass is 225 g/mol. The number of aliphatic carboxylic acids is 1. The van der Waals surface area contributed by atoms with Crippen LogP contribution in [0, 0.1) is 5.92 Å². The number of carboxylic acid groups (broad SMARTS) is 1. The van der Waals surface area contributed by atoms with E-state index in [1.807, 2.05) is 0 Å². The van der Waals surface area contributed by atoms with Crippen LogP contribution in [0.5, 0.6) is 0 Å². The van der Waals surface area contributed by atoms with Gasteiger partial charge in [0.1, 0.15) is 6.04 Å². The number of Topliss-reactive ketones (excluding diaryl/α,β-unsaturated/α-hetero) is 1. The highest BCUT2D eigenvalue weighted by atomic mass is 16.4. The molecule has 1 saturated heterocycles. The smallest absolute Gasteiger partial charge is 0.326 e. The molecule has 0 bridgehead atoms. The maximum absolute atomic E-state index is 11.5. The molecule has 2 fully saturated rings. The topological polar surface area (TPSA) is 74.7 Å². The maximum atomic E-state index is 11.5. The first kappa shape index (κ1) is 11.1. The number of likely N-dealkylation sites (tertiary alicyclic amines) is 1. The molecular formula is C11H15NO4. The Morgan fingerprint density at radius 2 is 1.94 bits per heavy atom. The van der Waals surface area contributed by atoms with Crippen molar-refractivity contribution in [1.82, 2.24) is 4.90 Å². The van der Waals surface area contributed by atoms with E-state index in [9.17, 15) is 19.5 Å². The molecule has 1 saturated carbocycles. The third-order valence-electron chi connectivity index (χ3n) is 3.45. The molecule has 1 unspecified atom stereocenters. The zero-order valence-corrected chi connectivity index (χ0v) is 9.02. The Morgan fingerprint density at radius 3 is 2.38 bits per heavy atom. The van der Waals surface area contributed by atoms with Crippen molar-refractivity contribution in [1.29, 1.82) is 0 Å². The van der Waals surface area contributed by atoms with Crippen LogP contribution in [-0.2, 0) is 14.4 Å². The molecule has 88 valence electrons. The minimum Gasteiger partial charge on any atom is -0.480 e. The minimum absolute atomic E-state index is 0.0207. The number of carboxylic acids is 1. The van der Waals surface area contributed by atoms with Crippen LogP contribution in [0.4, 0.5) is 0 Å². The van der Waals surface area contributed by atoms with Gasteiger partial charge in [0, 0.05) is 0 Å². The second-order valence-electron chi connectivity index (χ2n) is 4.56. The lowest BCUT2D eigenvalue weighted by Crippen LogP contribution is -2.46. The van der Waals surface area contributed by atoms with E-state index < -0.39 is 12.0 Å². The highest BCUT2D eigenvalue weighted by Crippen LogP contribution is 2.31. The van der Waals surface area contributed by atoms with Gasteiger partial charge < -0.3 is 10.0 Å². The SMILES string of the molecule is O=C1CC(=O)N(C(C(=O)O)C2CCCC2)C1. The molecule has 0 aromatic rings. The van der Waals surface area contributed by atoms with Gasteiger partial charge in [-0.25, -0.2) is 4.79 Å². The van der Waals surface area contributed by atoms with Crippen molar-refractivity contribution < 1.29 is 19.5 Å². The van der Waals surface area contributed by atoms with E-state index in [0.29, 0.717) is 0 Å². The number of amides is 1. The Hall–Kier alpha value is -1.39. The zero-order chi connectivity index (χ0) is 11.7. The van der Waals surface area contributed by atoms with Gasteiger partial charge in [0.15, 0.2) is 5.78 Å². The predicted octanol–water partition coefficient (Wildman–Crippen LogP) is 0.431. The molecule has 16 heavy (non-hydrogen) atoms. The molecule has 2 aliphatic rings. The summed E-state index contributed by atoms with van der Waals surface area (Å²) >= 11 is 0. The van der Waals surface area contributed by atoms with Crippen LogP contribution < -0.4 is 0 Å². The van der Waals surface area contributed by atoms with Gasteiger partial charge >= 0.3 is 5.97 Å². The molecule has 1 amide bonds. The fourth-order valence-corrected chi connectivity index (χ4v) is 2.72. The Morgan fingerprint density at radius 1 is 1.31 bits per heavy atom. The summed E-state index contributed by atoms with van der Waals surface area (Å²) in [5.41, 5.74) is 0. The number of nitrogens with zero attached hydrogens (tertiary/aromatic N) is 1. The summed E-state index contributed by atoms with van der Waals surface area (Å²) in [5.74, 6) is -1.46. The lowest BCUT2D eigenvalue weighted by molar-refractivity contribution is -0.150. The molecule has 2 rings (SSSR count). The summed E-state index contributed by atoms with van der Waals surface area (Å²) in [5, 5.41) is 9.19. The van der Waals surface area contributed by atoms with Gasteiger partial charge in [-0.1, -0.05) is 12.8 Å². The van der Waals surface area contributed by atoms with Crippen molar-refractivity contribution in [2.45, 2.75) is 38.1 Å². The van der Waals surface area contributed by atoms with Crippen molar-refractivity contribution in [2.24, 2.45) is 5.92 Å². The molecule has 0 spiro atoms. The number of carbonyl (C=O) groups is 3. The lowest BCUT2D eigenvalue weighted by atomic mass is 9.97. The summed E-state index contributed by atoms with van der Waals surface area (Å²) in [6, 6.07) is -0.790. The zero-order valence-electron chi connectivity index (χ0n) is 9.02. The molecule has 5 nitrogen and oxygen atoms in total. The van der Waals surface area contributed by atoms with Gasteiger partial charge in [-0.05, 0) is 18.8 Å². The molecule has 1 heterocycles. The summed E-state index contributed by atoms with van der Waals surface area (Å²) in [4.78, 5) is 35.2. The fourth-order valence-electron chi connectivity index (χ4n) is 2.72. The molecule has 5 heteroatoms. The van der Waals surface area contributed by atoms with E-state index in [2.05, 4.69) is 0 Å². The van der Waals surface area contributed by atoms with Crippen LogP contribution in [0.15, 0.2) is 0 Å². The molecular weight excluding hydrogens is 210 g/mol. The van der Waals surface area contributed by atoms with Crippen molar-refractivity contribution in [3.63, 3.8) is 0 Å². The molecule has 1 aliphatic carbocycles. The third kappa shape index (κ3) is 1.94. The van der Waals surface area contributed by atoms with Crippen LogP contribution in [0.1, 0.15) is 32.1 Å². The fraction of sp³-hybridized carbons (Fsp3) is 0.727. The van der Waals surface area contributed by atoms with Crippen molar-refractivity contribution in [2.75, 3.05) is 6.54 Å². The van der Waals surface area contributed by atoms with E-state index in [-0.39, 0.29) is 30.6 Å². The molecule has 1 N–H and O–H groups in total. The number of carbonyl (C=O) groups excluding carboxylic acids is 2. The predicted molar refractivity (Wildman–Crippen MR) is 54.7 cm³/mol. The van der Waals surface area contributed by atoms with Crippen LogP contribution >= 0.6 is 0 Å². The summed E-state index contributed by atoms with van der Waals surface area (Å²) in [7, 11) is 0. The van der Waals surface area contributed by atoms with Gasteiger partial charge in [0.05, 0.1) is 13.0 Å². The first-order chi connectivity index (χ1) is 7.59. The summed E-state index contributed by atoms with van der Waals surface area (Å²) < 4.78 is 0. The van der Waals surface area contributed by atoms with Crippen LogP contribution in [0.2, 0.25) is 0 Å². The van der Waals surface area contributed by atoms with E-state index in [0.717, 1.165) is 25.7 Å². The molecule has 1 atom stereocenters. The number of hydrogen-bond donors (Lipinski definition) is 1. The second-order valence-corrected chi connectivity index (χ2v) is 4.56. The first-order valence-corrected chi connectivity index (χ1v) is 5.63. The average Bonchev–Trinajstić information content (AvgIpc) is 2.78. The van der Waals surface area contributed by atoms with E-state index in [1.165, 1.54) is 4.90 Å². The quantitative estimate of drug-likeness (QED) is 0.707. The Kier molecular flexibility index (Phi) is 2.94. The molecule has 1 aliphatic heterocycles. The van der Waals surface area contributed by atoms with Gasteiger partial charge in [-0.2, -0.15) is 0 Å². The highest BCUT2D eigenvalue weighted by molar-refractivity contribution is 6.06. The Labute approximate surface area is 93.4 Å². The van der Waals surface area contributed by atoms with Crippen LogP contribution in [0.3, 0.4) is 0 Å². The highest BCUT2D eigenvalue weighted by Gasteiger charge is 2.41. The third-order valence-corrected chi connectivity index (χ3v) is 3.45. The van der Waals surface area contributed by atoms with Gasteiger partial charge in [0.2, 0.25) is 5.91 Å². The van der Waals surface area contributed by atoms with Gasteiger partial charge in [-0.15, -0.1) is 0 Å². The number of hydrogen-bond acceptors (Lipinski definition) is 3. The van der Waals surface area contributed by atoms with Gasteiger partial charge in [0.25, 0.3) is 0 Å². The van der Waals surface area contributed by atoms with Crippen molar-refractivity contribution >= 4 is 17.7 Å². The minimum atomic E-state index is -0.977. The van der Waals surface area contributed by atoms with Crippen molar-refractivity contribution in [3.8, 4) is 0 Å². The van der Waals surface area contributed by atoms with E-state index >= 15 is 0 Å². The Bertz CT molecular complexity index is 333. The first-order valence-electron chi connectivity index (χ1n) is 5.63. The Balaban J connectivity index is 2.15. The standard InChI is InChI=1S/C11H15NO4/c13-8-5-9(14)12(6-8)10(11(15)16)7-3-1-2-4-7/h7,10H,1-6H2,(H,15,16). The largest absolute Gasteiger partial charge is 0.480 e. The second kappa shape index (κ2) is 4.23. The summed E-state index contributed by atoms with van der Waals surface area (Å²) in [6.07, 6.45) is 3.59. The number of rotatable bonds is 3. The normalized spacial score (nSPS) is 24.1. The van der Waals surface area contributed by atoms with E-state index in [1.54, 1.807) is 0 Å². The summed E-state index contributed by atoms with van der Waals surface area (Å²) in [6.45, 7) is -0.0215.